The van der Waals surface area contributed by atoms with Crippen LogP contribution in [0.5, 0.6) is 5.75 Å². The van der Waals surface area contributed by atoms with Crippen molar-refractivity contribution in [3.8, 4) is 5.75 Å². The van der Waals surface area contributed by atoms with Crippen LogP contribution in [0.2, 0.25) is 0 Å². The van der Waals surface area contributed by atoms with Gasteiger partial charge in [-0.3, -0.25) is 0 Å². The zero-order valence-corrected chi connectivity index (χ0v) is 21.0. The van der Waals surface area contributed by atoms with Crippen molar-refractivity contribution >= 4 is 23.1 Å². The predicted octanol–water partition coefficient (Wildman–Crippen LogP) is 9.34. The second-order valence-corrected chi connectivity index (χ2v) is 11.1. The minimum Gasteiger partial charge on any atom is -0.489 e. The first-order valence-electron chi connectivity index (χ1n) is 13.1. The molecule has 2 fully saturated rings. The standard InChI is InChI=1S/C31H37NOS/c1-3-9-24(10-4-1)13-8-20-34-29-15-7-14-27(21-29)32-31-19-18-28(22-30(31)26-16-17-26)33-23-25-11-5-2-6-12-25/h2,5-7,11-12,14-15,18-19,21-22,24,26,32H,1,3-4,8-10,13,16-17,20,23H2. The zero-order chi connectivity index (χ0) is 23.0. The van der Waals surface area contributed by atoms with Gasteiger partial charge in [0.15, 0.2) is 0 Å². The predicted molar refractivity (Wildman–Crippen MR) is 145 cm³/mol. The van der Waals surface area contributed by atoms with E-state index in [2.05, 4.69) is 72.0 Å². The Morgan fingerprint density at radius 3 is 2.50 bits per heavy atom. The highest BCUT2D eigenvalue weighted by molar-refractivity contribution is 7.99. The summed E-state index contributed by atoms with van der Waals surface area (Å²) in [5, 5.41) is 3.71. The molecule has 0 radical (unpaired) electrons. The Balaban J connectivity index is 1.17. The molecule has 0 atom stereocenters. The number of anilines is 2. The highest BCUT2D eigenvalue weighted by Gasteiger charge is 2.26. The van der Waals surface area contributed by atoms with Crippen LogP contribution >= 0.6 is 11.8 Å². The molecule has 3 aromatic rings. The lowest BCUT2D eigenvalue weighted by Crippen LogP contribution is -2.06. The third-order valence-corrected chi connectivity index (χ3v) is 8.23. The summed E-state index contributed by atoms with van der Waals surface area (Å²) in [6.45, 7) is 0.609. The molecule has 1 N–H and O–H groups in total. The number of thioether (sulfide) groups is 1. The highest BCUT2D eigenvalue weighted by atomic mass is 32.2. The minimum absolute atomic E-state index is 0.609. The Kier molecular flexibility index (Phi) is 8.13. The van der Waals surface area contributed by atoms with Gasteiger partial charge >= 0.3 is 0 Å². The van der Waals surface area contributed by atoms with E-state index in [-0.39, 0.29) is 0 Å². The summed E-state index contributed by atoms with van der Waals surface area (Å²) in [4.78, 5) is 1.37. The molecule has 3 aromatic carbocycles. The fourth-order valence-corrected chi connectivity index (χ4v) is 6.01. The lowest BCUT2D eigenvalue weighted by atomic mass is 9.86. The van der Waals surface area contributed by atoms with Crippen molar-refractivity contribution in [1.82, 2.24) is 0 Å². The number of ether oxygens (including phenoxy) is 1. The Morgan fingerprint density at radius 2 is 1.68 bits per heavy atom. The molecule has 0 spiro atoms. The average molecular weight is 472 g/mol. The molecule has 0 unspecified atom stereocenters. The second kappa shape index (κ2) is 11.8. The van der Waals surface area contributed by atoms with Crippen molar-refractivity contribution in [3.05, 3.63) is 83.9 Å². The van der Waals surface area contributed by atoms with Gasteiger partial charge in [0, 0.05) is 16.3 Å². The lowest BCUT2D eigenvalue weighted by molar-refractivity contribution is 0.306. The van der Waals surface area contributed by atoms with Crippen molar-refractivity contribution in [2.24, 2.45) is 5.92 Å². The Bertz CT molecular complexity index is 1040. The number of nitrogens with one attached hydrogen (secondary N) is 1. The van der Waals surface area contributed by atoms with E-state index in [0.29, 0.717) is 12.5 Å². The fraction of sp³-hybridized carbons (Fsp3) is 0.419. The molecule has 2 nitrogen and oxygen atoms in total. The number of rotatable bonds is 11. The van der Waals surface area contributed by atoms with Gasteiger partial charge in [0.05, 0.1) is 0 Å². The van der Waals surface area contributed by atoms with Gasteiger partial charge in [0.25, 0.3) is 0 Å². The molecule has 3 heteroatoms. The largest absolute Gasteiger partial charge is 0.489 e. The third-order valence-electron chi connectivity index (χ3n) is 7.15. The summed E-state index contributed by atoms with van der Waals surface area (Å²) in [5.74, 6) is 3.82. The summed E-state index contributed by atoms with van der Waals surface area (Å²) in [5.41, 5.74) is 4.98. The van der Waals surface area contributed by atoms with Gasteiger partial charge in [-0.25, -0.2) is 0 Å². The molecule has 34 heavy (non-hydrogen) atoms. The summed E-state index contributed by atoms with van der Waals surface area (Å²) >= 11 is 2.00. The van der Waals surface area contributed by atoms with Crippen LogP contribution in [-0.2, 0) is 6.61 Å². The normalized spacial score (nSPS) is 16.4. The minimum atomic E-state index is 0.609. The van der Waals surface area contributed by atoms with E-state index < -0.39 is 0 Å². The SMILES string of the molecule is c1ccc(COc2ccc(Nc3cccc(SCCCC4CCCCC4)c3)c(C3CC3)c2)cc1. The molecule has 2 aliphatic carbocycles. The summed E-state index contributed by atoms with van der Waals surface area (Å²) in [7, 11) is 0. The fourth-order valence-electron chi connectivity index (χ4n) is 5.07. The first kappa shape index (κ1) is 23.4. The molecule has 2 aliphatic rings. The topological polar surface area (TPSA) is 21.3 Å². The van der Waals surface area contributed by atoms with Crippen molar-refractivity contribution in [1.29, 1.82) is 0 Å². The first-order valence-corrected chi connectivity index (χ1v) is 14.1. The smallest absolute Gasteiger partial charge is 0.120 e. The maximum atomic E-state index is 6.10. The molecular formula is C31H37NOS. The monoisotopic (exact) mass is 471 g/mol. The van der Waals surface area contributed by atoms with Crippen LogP contribution in [0, 0.1) is 5.92 Å². The first-order chi connectivity index (χ1) is 16.8. The van der Waals surface area contributed by atoms with Crippen LogP contribution < -0.4 is 10.1 Å². The van der Waals surface area contributed by atoms with Crippen molar-refractivity contribution in [3.63, 3.8) is 0 Å². The van der Waals surface area contributed by atoms with E-state index in [1.165, 1.54) is 90.9 Å². The van der Waals surface area contributed by atoms with E-state index in [4.69, 9.17) is 4.74 Å². The van der Waals surface area contributed by atoms with Crippen LogP contribution in [0.1, 0.15) is 74.8 Å². The quantitative estimate of drug-likeness (QED) is 0.222. The third kappa shape index (κ3) is 6.82. The molecule has 178 valence electrons. The van der Waals surface area contributed by atoms with Gasteiger partial charge in [-0.05, 0) is 90.8 Å². The second-order valence-electron chi connectivity index (χ2n) is 9.95. The molecule has 5 rings (SSSR count). The number of hydrogen-bond donors (Lipinski definition) is 1. The van der Waals surface area contributed by atoms with Gasteiger partial charge in [-0.1, -0.05) is 68.5 Å². The van der Waals surface area contributed by atoms with Gasteiger partial charge in [0.1, 0.15) is 12.4 Å². The highest BCUT2D eigenvalue weighted by Crippen LogP contribution is 2.45. The average Bonchev–Trinajstić information content (AvgIpc) is 3.73. The molecule has 0 heterocycles. The van der Waals surface area contributed by atoms with Gasteiger partial charge < -0.3 is 10.1 Å². The Morgan fingerprint density at radius 1 is 0.824 bits per heavy atom. The van der Waals surface area contributed by atoms with Gasteiger partial charge in [-0.15, -0.1) is 11.8 Å². The lowest BCUT2D eigenvalue weighted by Gasteiger charge is -2.21. The van der Waals surface area contributed by atoms with E-state index in [1.807, 2.05) is 17.8 Å². The van der Waals surface area contributed by atoms with Crippen LogP contribution in [-0.4, -0.2) is 5.75 Å². The van der Waals surface area contributed by atoms with Crippen molar-refractivity contribution in [2.45, 2.75) is 75.2 Å². The summed E-state index contributed by atoms with van der Waals surface area (Å²) in [6.07, 6.45) is 12.6. The van der Waals surface area contributed by atoms with Crippen LogP contribution in [0.25, 0.3) is 0 Å². The Labute approximate surface area is 209 Å². The molecule has 0 bridgehead atoms. The van der Waals surface area contributed by atoms with Gasteiger partial charge in [0.2, 0.25) is 0 Å². The molecule has 2 saturated carbocycles. The van der Waals surface area contributed by atoms with Crippen molar-refractivity contribution < 1.29 is 4.74 Å². The van der Waals surface area contributed by atoms with Crippen molar-refractivity contribution in [2.75, 3.05) is 11.1 Å². The van der Waals surface area contributed by atoms with E-state index in [0.717, 1.165) is 11.7 Å². The number of hydrogen-bond acceptors (Lipinski definition) is 3. The zero-order valence-electron chi connectivity index (χ0n) is 20.2. The summed E-state index contributed by atoms with van der Waals surface area (Å²) in [6, 6.07) is 25.8. The molecule has 0 amide bonds. The maximum Gasteiger partial charge on any atom is 0.120 e. The van der Waals surface area contributed by atoms with E-state index >= 15 is 0 Å². The van der Waals surface area contributed by atoms with Crippen LogP contribution in [0.4, 0.5) is 11.4 Å². The summed E-state index contributed by atoms with van der Waals surface area (Å²) < 4.78 is 6.10. The van der Waals surface area contributed by atoms with E-state index in [9.17, 15) is 0 Å². The molecule has 0 aromatic heterocycles. The van der Waals surface area contributed by atoms with Gasteiger partial charge in [-0.2, -0.15) is 0 Å². The molecular weight excluding hydrogens is 434 g/mol. The van der Waals surface area contributed by atoms with Crippen LogP contribution in [0.15, 0.2) is 77.7 Å². The van der Waals surface area contributed by atoms with Crippen LogP contribution in [0.3, 0.4) is 0 Å². The maximum absolute atomic E-state index is 6.10. The molecule has 0 saturated heterocycles. The van der Waals surface area contributed by atoms with E-state index in [1.54, 1.807) is 0 Å². The Hall–Kier alpha value is -2.39. The number of benzene rings is 3. The molecule has 0 aliphatic heterocycles.